The highest BCUT2D eigenvalue weighted by molar-refractivity contribution is 6.17. The molecule has 0 aromatic heterocycles. The van der Waals surface area contributed by atoms with Crippen LogP contribution in [0.5, 0.6) is 0 Å². The summed E-state index contributed by atoms with van der Waals surface area (Å²) < 4.78 is 79.5. The largest absolute Gasteiger partial charge is 0.355 e. The molecule has 2 spiro atoms. The number of hydrogen-bond acceptors (Lipinski definition) is 12. The maximum atomic E-state index is 14.3. The van der Waals surface area contributed by atoms with Gasteiger partial charge in [0.2, 0.25) is 23.6 Å². The number of alkyl halides is 1. The van der Waals surface area contributed by atoms with Gasteiger partial charge in [0.1, 0.15) is 35.4 Å². The van der Waals surface area contributed by atoms with Crippen molar-refractivity contribution in [3.63, 3.8) is 0 Å². The molecule has 21 heteroatoms. The summed E-state index contributed by atoms with van der Waals surface area (Å²) in [5, 5.41) is 22.2. The molecule has 616 valence electrons. The fourth-order valence-electron chi connectivity index (χ4n) is 21.1. The third-order valence-electron chi connectivity index (χ3n) is 27.2. The second-order valence-electron chi connectivity index (χ2n) is 32.9. The molecule has 119 heavy (non-hydrogen) atoms. The molecule has 4 aliphatic carbocycles. The van der Waals surface area contributed by atoms with Gasteiger partial charge in [-0.25, -0.2) is 17.6 Å². The predicted molar refractivity (Wildman–Crippen MR) is 441 cm³/mol. The second kappa shape index (κ2) is 36.1. The lowest BCUT2D eigenvalue weighted by Gasteiger charge is -2.56. The molecule has 2 saturated carbocycles. The van der Waals surface area contributed by atoms with Crippen molar-refractivity contribution in [2.24, 2.45) is 47.3 Å². The van der Waals surface area contributed by atoms with Crippen molar-refractivity contribution in [3.05, 3.63) is 309 Å². The van der Waals surface area contributed by atoms with Crippen LogP contribution < -0.4 is 5.32 Å². The van der Waals surface area contributed by atoms with Gasteiger partial charge >= 0.3 is 0 Å². The number of ether oxygens (including phenoxy) is 4. The number of nitriles is 2. The Bertz CT molecular complexity index is 5020. The van der Waals surface area contributed by atoms with Crippen molar-refractivity contribution >= 4 is 46.8 Å². The number of likely N-dealkylation sites (tertiary alicyclic amines) is 3. The molecule has 10 aliphatic rings. The number of hydrogen-bond donors (Lipinski definition) is 1. The Balaban J connectivity index is 0.000000126. The Morgan fingerprint density at radius 3 is 1.06 bits per heavy atom. The second-order valence-corrected chi connectivity index (χ2v) is 33.2. The molecule has 6 saturated heterocycles. The molecule has 8 aromatic rings. The van der Waals surface area contributed by atoms with E-state index in [0.29, 0.717) is 101 Å². The van der Waals surface area contributed by atoms with Gasteiger partial charge in [-0.05, 0) is 121 Å². The van der Waals surface area contributed by atoms with Crippen LogP contribution >= 0.6 is 11.6 Å². The van der Waals surface area contributed by atoms with E-state index in [2.05, 4.69) is 43.4 Å². The van der Waals surface area contributed by atoms with Crippen LogP contribution in [0.1, 0.15) is 124 Å². The highest BCUT2D eigenvalue weighted by Crippen LogP contribution is 2.59. The van der Waals surface area contributed by atoms with Gasteiger partial charge in [-0.2, -0.15) is 10.5 Å². The van der Waals surface area contributed by atoms with Gasteiger partial charge in [0.25, 0.3) is 0 Å². The zero-order valence-electron chi connectivity index (χ0n) is 67.4. The summed E-state index contributed by atoms with van der Waals surface area (Å²) in [7, 11) is 0. The van der Waals surface area contributed by atoms with Crippen LogP contribution in [0.3, 0.4) is 0 Å². The number of ketones is 2. The first-order chi connectivity index (χ1) is 57.6. The Hall–Kier alpha value is -10.7. The first-order valence-electron chi connectivity index (χ1n) is 41.4. The quantitative estimate of drug-likeness (QED) is 0.0947. The minimum absolute atomic E-state index is 0.0266. The monoisotopic (exact) mass is 1630 g/mol. The standard InChI is InChI=1S/C25H28FNO3.2C24H21FN2O2.C18H23NO3.C7H6ClF/c1-18-21-11-14-27(17-19-7-5-6-10-22(19)26)23(28)24(21,20-8-3-2-4-9-20)12-13-25(18)29-15-16-30-25;2*1-16-20-11-12-27(15-17-7-5-6-10-21(17)25)23(29)24(20,13-18(14-26)22(16)28)19-8-3-2-4-9-19;1-13-15-7-10-19-16(20)17(15,14-5-3-2-4-6-14)8-9-18(13)21-11-12-22-18;8-5-6-3-1-2-4-7(6)9/h2-10,18,21H,11-17H2,1H3;2*2-10,13,16,20H,11-12,15H2,1H3;2-6,13,15H,7-12H2,1H3,(H,19,20);1-4H,5H2/t18-,21-,24+;2*16-,20-,24+;13-,15-,17+;/m0100./s1. The number of carbonyl (C=O) groups is 6. The average molecular weight is 1630 g/mol. The van der Waals surface area contributed by atoms with Gasteiger partial charge < -0.3 is 39.0 Å². The SMILES string of the molecule is C[C@@H]1C(=O)C(C#N)=C[C@]2(c3ccccc3)C(=O)N(Cc3ccccc3F)CC[C@@H]12.C[C@H]1C(=O)C(C#N)=C[C@@]2(c3ccccc3)C(=O)N(Cc3ccccc3F)CC[C@H]12.C[C@H]1[C@@H]2CCN(Cc3ccccc3F)C(=O)[C@@]2(c2ccccc2)CCC12OCCO2.C[C@H]1[C@@H]2CCNC(=O)[C@@]2(c2ccccc2)CCC12OCCO2.Fc1ccccc1CCl. The Morgan fingerprint density at radius 1 is 0.395 bits per heavy atom. The minimum atomic E-state index is -1.09. The van der Waals surface area contributed by atoms with Crippen molar-refractivity contribution in [3.8, 4) is 12.1 Å². The summed E-state index contributed by atoms with van der Waals surface area (Å²) >= 11 is 5.39. The van der Waals surface area contributed by atoms with Crippen LogP contribution in [0.2, 0.25) is 0 Å². The number of amides is 4. The van der Waals surface area contributed by atoms with Crippen molar-refractivity contribution in [2.45, 2.75) is 138 Å². The molecule has 0 bridgehead atoms. The van der Waals surface area contributed by atoms with Crippen molar-refractivity contribution in [1.82, 2.24) is 20.0 Å². The Labute approximate surface area is 698 Å². The van der Waals surface area contributed by atoms with Crippen LogP contribution in [0.25, 0.3) is 0 Å². The van der Waals surface area contributed by atoms with Crippen molar-refractivity contribution in [1.29, 1.82) is 10.5 Å². The third kappa shape index (κ3) is 15.8. The topological polar surface area (TPSA) is 209 Å². The molecular formula is C98H99ClF4N6O10. The van der Waals surface area contributed by atoms with Gasteiger partial charge in [-0.3, -0.25) is 28.8 Å². The van der Waals surface area contributed by atoms with Crippen molar-refractivity contribution in [2.75, 3.05) is 52.6 Å². The van der Waals surface area contributed by atoms with Crippen LogP contribution in [-0.2, 0) is 94.9 Å². The first kappa shape index (κ1) is 84.7. The maximum absolute atomic E-state index is 14.3. The van der Waals surface area contributed by atoms with Crippen LogP contribution in [0, 0.1) is 93.3 Å². The molecule has 0 radical (unpaired) electrons. The van der Waals surface area contributed by atoms with E-state index >= 15 is 0 Å². The maximum Gasteiger partial charge on any atom is 0.237 e. The van der Waals surface area contributed by atoms with Crippen LogP contribution in [0.15, 0.2) is 242 Å². The van der Waals surface area contributed by atoms with Gasteiger partial charge in [0.05, 0.1) is 65.1 Å². The normalized spacial score (nSPS) is 28.1. The van der Waals surface area contributed by atoms with Crippen molar-refractivity contribution < 1.29 is 65.3 Å². The lowest BCUT2D eigenvalue weighted by atomic mass is 9.54. The highest BCUT2D eigenvalue weighted by Gasteiger charge is 2.65. The number of benzene rings is 8. The minimum Gasteiger partial charge on any atom is -0.355 e. The molecule has 1 N–H and O–H groups in total. The number of nitrogens with one attached hydrogen (secondary N) is 1. The van der Waals surface area contributed by atoms with Gasteiger partial charge in [-0.15, -0.1) is 11.6 Å². The number of piperidine rings is 4. The average Bonchev–Trinajstić information content (AvgIpc) is 1.59. The predicted octanol–water partition coefficient (Wildman–Crippen LogP) is 16.6. The van der Waals surface area contributed by atoms with Gasteiger partial charge in [0.15, 0.2) is 23.1 Å². The Kier molecular flexibility index (Phi) is 25.7. The van der Waals surface area contributed by atoms with E-state index in [1.54, 1.807) is 103 Å². The summed E-state index contributed by atoms with van der Waals surface area (Å²) in [4.78, 5) is 85.1. The van der Waals surface area contributed by atoms with E-state index < -0.39 is 45.1 Å². The van der Waals surface area contributed by atoms with Gasteiger partial charge in [0, 0.05) is 105 Å². The van der Waals surface area contributed by atoms with E-state index in [1.165, 1.54) is 24.3 Å². The van der Waals surface area contributed by atoms with Gasteiger partial charge in [-0.1, -0.05) is 222 Å². The van der Waals surface area contributed by atoms with Crippen LogP contribution in [0.4, 0.5) is 17.6 Å². The summed E-state index contributed by atoms with van der Waals surface area (Å²) in [6.07, 6.45) is 9.12. The molecule has 8 aromatic carbocycles. The zero-order chi connectivity index (χ0) is 83.9. The number of Topliss-reactive ketones (excluding diaryl/α,β-unsaturated/α-hetero) is 2. The molecule has 12 atom stereocenters. The summed E-state index contributed by atoms with van der Waals surface area (Å²) in [6.45, 7) is 13.4. The number of allylic oxidation sites excluding steroid dienone is 2. The number of carbonyl (C=O) groups excluding carboxylic acids is 6. The lowest BCUT2D eigenvalue weighted by Crippen LogP contribution is -2.64. The molecule has 6 heterocycles. The molecule has 16 nitrogen and oxygen atoms in total. The summed E-state index contributed by atoms with van der Waals surface area (Å²) in [5.74, 6) is -3.14. The fraction of sp³-hybridized carbons (Fsp3) is 0.388. The van der Waals surface area contributed by atoms with E-state index in [9.17, 15) is 56.9 Å². The molecule has 6 aliphatic heterocycles. The zero-order valence-corrected chi connectivity index (χ0v) is 68.2. The highest BCUT2D eigenvalue weighted by atomic mass is 35.5. The summed E-state index contributed by atoms with van der Waals surface area (Å²) in [6, 6.07) is 69.0. The van der Waals surface area contributed by atoms with E-state index in [4.69, 9.17) is 30.5 Å². The number of fused-ring (bicyclic) bond motifs is 4. The lowest BCUT2D eigenvalue weighted by molar-refractivity contribution is -0.239. The number of halogens is 5. The smallest absolute Gasteiger partial charge is 0.237 e. The fourth-order valence-corrected chi connectivity index (χ4v) is 21.3. The number of rotatable bonds is 11. The number of nitrogens with zero attached hydrogens (tertiary/aromatic N) is 5. The summed E-state index contributed by atoms with van der Waals surface area (Å²) in [5.41, 5.74) is 2.55. The molecule has 18 rings (SSSR count). The first-order valence-corrected chi connectivity index (χ1v) is 41.9. The van der Waals surface area contributed by atoms with E-state index in [-0.39, 0.29) is 124 Å². The third-order valence-corrected chi connectivity index (χ3v) is 27.5. The van der Waals surface area contributed by atoms with E-state index in [1.807, 2.05) is 120 Å². The molecule has 0 unspecified atom stereocenters. The molecule has 4 amide bonds. The molecule has 8 fully saturated rings. The van der Waals surface area contributed by atoms with Crippen LogP contribution in [-0.4, -0.2) is 114 Å². The molecular weight excluding hydrogens is 1530 g/mol. The van der Waals surface area contributed by atoms with E-state index in [0.717, 1.165) is 54.5 Å². The Morgan fingerprint density at radius 2 is 0.706 bits per heavy atom.